The second kappa shape index (κ2) is 8.62. The minimum absolute atomic E-state index is 0.306. The van der Waals surface area contributed by atoms with Crippen molar-refractivity contribution in [2.24, 2.45) is 0 Å². The summed E-state index contributed by atoms with van der Waals surface area (Å²) in [4.78, 5) is 0.979. The standard InChI is InChI=1S/C17H23NO4S2/c1-14-8-9-17(23-14)24(19,20)18(10-5-11-21-2)13-15-6-4-7-16(12-15)22-3/h4,6-9,12H,5,10-11,13H2,1-3H3. The molecule has 1 heterocycles. The maximum Gasteiger partial charge on any atom is 0.252 e. The number of sulfonamides is 1. The molecule has 0 radical (unpaired) electrons. The van der Waals surface area contributed by atoms with E-state index in [2.05, 4.69) is 0 Å². The summed E-state index contributed by atoms with van der Waals surface area (Å²) in [5.74, 6) is 0.716. The third-order valence-electron chi connectivity index (χ3n) is 3.56. The van der Waals surface area contributed by atoms with E-state index >= 15 is 0 Å². The van der Waals surface area contributed by atoms with Crippen LogP contribution in [0.15, 0.2) is 40.6 Å². The maximum atomic E-state index is 13.0. The quantitative estimate of drug-likeness (QED) is 0.637. The molecule has 0 unspecified atom stereocenters. The Morgan fingerprint density at radius 3 is 2.58 bits per heavy atom. The van der Waals surface area contributed by atoms with E-state index < -0.39 is 10.0 Å². The molecule has 0 fully saturated rings. The van der Waals surface area contributed by atoms with E-state index in [1.807, 2.05) is 37.3 Å². The molecule has 0 saturated carbocycles. The number of methoxy groups -OCH3 is 2. The first-order chi connectivity index (χ1) is 11.5. The van der Waals surface area contributed by atoms with Crippen LogP contribution in [-0.4, -0.2) is 40.1 Å². The summed E-state index contributed by atoms with van der Waals surface area (Å²) < 4.78 is 38.1. The highest BCUT2D eigenvalue weighted by atomic mass is 32.2. The van der Waals surface area contributed by atoms with Gasteiger partial charge in [-0.05, 0) is 43.2 Å². The number of ether oxygens (including phenoxy) is 2. The largest absolute Gasteiger partial charge is 0.497 e. The fourth-order valence-electron chi connectivity index (χ4n) is 2.32. The van der Waals surface area contributed by atoms with Crippen molar-refractivity contribution in [1.29, 1.82) is 0 Å². The van der Waals surface area contributed by atoms with Crippen LogP contribution in [-0.2, 0) is 21.3 Å². The molecule has 5 nitrogen and oxygen atoms in total. The number of benzene rings is 1. The molecular weight excluding hydrogens is 346 g/mol. The van der Waals surface area contributed by atoms with Crippen molar-refractivity contribution in [2.45, 2.75) is 24.1 Å². The summed E-state index contributed by atoms with van der Waals surface area (Å²) in [6, 6.07) is 11.0. The Bertz CT molecular complexity index is 755. The molecule has 0 bridgehead atoms. The van der Waals surface area contributed by atoms with E-state index in [4.69, 9.17) is 9.47 Å². The van der Waals surface area contributed by atoms with Crippen LogP contribution in [0.1, 0.15) is 16.9 Å². The Morgan fingerprint density at radius 2 is 1.96 bits per heavy atom. The Kier molecular flexibility index (Phi) is 6.79. The Hall–Kier alpha value is -1.41. The molecule has 24 heavy (non-hydrogen) atoms. The van der Waals surface area contributed by atoms with Crippen molar-refractivity contribution >= 4 is 21.4 Å². The van der Waals surface area contributed by atoms with Crippen LogP contribution in [0.25, 0.3) is 0 Å². The summed E-state index contributed by atoms with van der Waals surface area (Å²) in [6.45, 7) is 3.14. The van der Waals surface area contributed by atoms with Crippen molar-refractivity contribution in [2.75, 3.05) is 27.4 Å². The van der Waals surface area contributed by atoms with E-state index in [1.54, 1.807) is 20.3 Å². The topological polar surface area (TPSA) is 55.8 Å². The molecule has 1 aromatic heterocycles. The molecule has 2 aromatic rings. The molecule has 0 N–H and O–H groups in total. The third-order valence-corrected chi connectivity index (χ3v) is 6.87. The molecule has 132 valence electrons. The van der Waals surface area contributed by atoms with E-state index in [1.165, 1.54) is 15.6 Å². The van der Waals surface area contributed by atoms with Gasteiger partial charge in [0.05, 0.1) is 7.11 Å². The summed E-state index contributed by atoms with van der Waals surface area (Å²) in [7, 11) is -0.311. The van der Waals surface area contributed by atoms with Gasteiger partial charge in [0.1, 0.15) is 9.96 Å². The SMILES string of the molecule is COCCCN(Cc1cccc(OC)c1)S(=O)(=O)c1ccc(C)s1. The molecule has 0 atom stereocenters. The Labute approximate surface area is 147 Å². The molecule has 0 aliphatic carbocycles. The lowest BCUT2D eigenvalue weighted by atomic mass is 10.2. The summed E-state index contributed by atoms with van der Waals surface area (Å²) >= 11 is 1.29. The van der Waals surface area contributed by atoms with E-state index in [0.717, 1.165) is 10.4 Å². The first-order valence-electron chi connectivity index (χ1n) is 7.66. The van der Waals surface area contributed by atoms with Crippen molar-refractivity contribution in [3.63, 3.8) is 0 Å². The summed E-state index contributed by atoms with van der Waals surface area (Å²) in [5.41, 5.74) is 0.892. The van der Waals surface area contributed by atoms with E-state index in [0.29, 0.717) is 36.1 Å². The first kappa shape index (κ1) is 18.9. The lowest BCUT2D eigenvalue weighted by Gasteiger charge is -2.21. The van der Waals surface area contributed by atoms with Crippen LogP contribution in [0.2, 0.25) is 0 Å². The molecule has 0 aliphatic rings. The lowest BCUT2D eigenvalue weighted by molar-refractivity contribution is 0.186. The number of hydrogen-bond acceptors (Lipinski definition) is 5. The van der Waals surface area contributed by atoms with Crippen LogP contribution < -0.4 is 4.74 Å². The molecule has 0 saturated heterocycles. The van der Waals surface area contributed by atoms with Gasteiger partial charge in [-0.3, -0.25) is 0 Å². The average Bonchev–Trinajstić information content (AvgIpc) is 3.01. The van der Waals surface area contributed by atoms with E-state index in [9.17, 15) is 8.42 Å². The predicted molar refractivity (Wildman–Crippen MR) is 96.1 cm³/mol. The van der Waals surface area contributed by atoms with Gasteiger partial charge >= 0.3 is 0 Å². The van der Waals surface area contributed by atoms with Gasteiger partial charge < -0.3 is 9.47 Å². The van der Waals surface area contributed by atoms with Crippen molar-refractivity contribution in [1.82, 2.24) is 4.31 Å². The second-order valence-electron chi connectivity index (χ2n) is 5.40. The van der Waals surface area contributed by atoms with Gasteiger partial charge in [0, 0.05) is 31.7 Å². The molecule has 1 aromatic carbocycles. The number of aryl methyl sites for hydroxylation is 1. The first-order valence-corrected chi connectivity index (χ1v) is 9.91. The minimum atomic E-state index is -3.52. The molecule has 0 aliphatic heterocycles. The van der Waals surface area contributed by atoms with Gasteiger partial charge in [-0.1, -0.05) is 12.1 Å². The molecule has 2 rings (SSSR count). The molecule has 0 amide bonds. The fraction of sp³-hybridized carbons (Fsp3) is 0.412. The molecule has 0 spiro atoms. The zero-order valence-electron chi connectivity index (χ0n) is 14.2. The van der Waals surface area contributed by atoms with Crippen molar-refractivity contribution in [3.05, 3.63) is 46.8 Å². The fourth-order valence-corrected chi connectivity index (χ4v) is 5.23. The van der Waals surface area contributed by atoms with Gasteiger partial charge in [-0.2, -0.15) is 4.31 Å². The predicted octanol–water partition coefficient (Wildman–Crippen LogP) is 3.29. The number of nitrogens with zero attached hydrogens (tertiary/aromatic N) is 1. The number of rotatable bonds is 9. The maximum absolute atomic E-state index is 13.0. The van der Waals surface area contributed by atoms with Gasteiger partial charge in [0.25, 0.3) is 10.0 Å². The monoisotopic (exact) mass is 369 g/mol. The normalized spacial score (nSPS) is 11.8. The van der Waals surface area contributed by atoms with E-state index in [-0.39, 0.29) is 0 Å². The van der Waals surface area contributed by atoms with Crippen LogP contribution in [0.4, 0.5) is 0 Å². The highest BCUT2D eigenvalue weighted by Crippen LogP contribution is 2.26. The van der Waals surface area contributed by atoms with Crippen LogP contribution in [0, 0.1) is 6.92 Å². The zero-order valence-corrected chi connectivity index (χ0v) is 15.8. The number of hydrogen-bond donors (Lipinski definition) is 0. The number of thiophene rings is 1. The lowest BCUT2D eigenvalue weighted by Crippen LogP contribution is -2.31. The second-order valence-corrected chi connectivity index (χ2v) is 8.85. The van der Waals surface area contributed by atoms with Crippen LogP contribution in [0.3, 0.4) is 0 Å². The summed E-state index contributed by atoms with van der Waals surface area (Å²) in [5, 5.41) is 0. The highest BCUT2D eigenvalue weighted by Gasteiger charge is 2.25. The van der Waals surface area contributed by atoms with Crippen LogP contribution >= 0.6 is 11.3 Å². The Balaban J connectivity index is 2.26. The van der Waals surface area contributed by atoms with Gasteiger partial charge in [0.2, 0.25) is 0 Å². The minimum Gasteiger partial charge on any atom is -0.497 e. The average molecular weight is 370 g/mol. The zero-order chi connectivity index (χ0) is 17.6. The third kappa shape index (κ3) is 4.80. The highest BCUT2D eigenvalue weighted by molar-refractivity contribution is 7.91. The van der Waals surface area contributed by atoms with Crippen LogP contribution in [0.5, 0.6) is 5.75 Å². The smallest absolute Gasteiger partial charge is 0.252 e. The molecule has 7 heteroatoms. The van der Waals surface area contributed by atoms with Gasteiger partial charge in [-0.25, -0.2) is 8.42 Å². The van der Waals surface area contributed by atoms with Crippen molar-refractivity contribution < 1.29 is 17.9 Å². The summed E-state index contributed by atoms with van der Waals surface area (Å²) in [6.07, 6.45) is 0.643. The van der Waals surface area contributed by atoms with Crippen molar-refractivity contribution in [3.8, 4) is 5.75 Å². The Morgan fingerprint density at radius 1 is 1.17 bits per heavy atom. The molecular formula is C17H23NO4S2. The van der Waals surface area contributed by atoms with Gasteiger partial charge in [-0.15, -0.1) is 11.3 Å². The van der Waals surface area contributed by atoms with Gasteiger partial charge in [0.15, 0.2) is 0 Å².